The van der Waals surface area contributed by atoms with E-state index in [2.05, 4.69) is 0 Å². The topological polar surface area (TPSA) is 80.8 Å². The van der Waals surface area contributed by atoms with E-state index >= 15 is 0 Å². The summed E-state index contributed by atoms with van der Waals surface area (Å²) in [5.41, 5.74) is 1.99. The predicted molar refractivity (Wildman–Crippen MR) is 130 cm³/mol. The van der Waals surface area contributed by atoms with Gasteiger partial charge in [-0.2, -0.15) is 4.31 Å². The first-order valence-electron chi connectivity index (χ1n) is 10.6. The largest absolute Gasteiger partial charge is 0.457 e. The third kappa shape index (κ3) is 5.18. The van der Waals surface area contributed by atoms with Crippen molar-refractivity contribution in [1.82, 2.24) is 4.31 Å². The Morgan fingerprint density at radius 3 is 2.38 bits per heavy atom. The molecule has 1 aliphatic heterocycles. The lowest BCUT2D eigenvalue weighted by Gasteiger charge is -2.36. The normalized spacial score (nSPS) is 16.0. The molecule has 3 aromatic carbocycles. The van der Waals surface area contributed by atoms with Crippen LogP contribution in [0.3, 0.4) is 0 Å². The second-order valence-electron chi connectivity index (χ2n) is 7.81. The Bertz CT molecular complexity index is 1330. The maximum atomic E-state index is 13.4. The fourth-order valence-electron chi connectivity index (χ4n) is 3.97. The monoisotopic (exact) mass is 517 g/mol. The van der Waals surface area contributed by atoms with Crippen LogP contribution in [0.2, 0.25) is 10.0 Å². The number of halogens is 2. The van der Waals surface area contributed by atoms with Crippen molar-refractivity contribution in [3.63, 3.8) is 0 Å². The lowest BCUT2D eigenvalue weighted by Crippen LogP contribution is -2.41. The molecule has 4 rings (SSSR count). The number of ether oxygens (including phenoxy) is 1. The van der Waals surface area contributed by atoms with Crippen molar-refractivity contribution in [2.45, 2.75) is 23.8 Å². The van der Waals surface area contributed by atoms with Gasteiger partial charge in [-0.3, -0.25) is 9.59 Å². The van der Waals surface area contributed by atoms with Crippen LogP contribution >= 0.6 is 23.2 Å². The summed E-state index contributed by atoms with van der Waals surface area (Å²) in [7, 11) is -3.85. The molecular formula is C25H21Cl2NO5S. The van der Waals surface area contributed by atoms with Gasteiger partial charge in [-0.05, 0) is 47.9 Å². The average Bonchev–Trinajstić information content (AvgIpc) is 2.84. The fourth-order valence-corrected chi connectivity index (χ4v) is 5.90. The van der Waals surface area contributed by atoms with Crippen molar-refractivity contribution in [3.05, 3.63) is 99.5 Å². The Balaban J connectivity index is 1.53. The summed E-state index contributed by atoms with van der Waals surface area (Å²) in [6.45, 7) is -0.259. The molecule has 0 amide bonds. The molecule has 6 nitrogen and oxygen atoms in total. The number of sulfonamides is 1. The van der Waals surface area contributed by atoms with Crippen LogP contribution in [0.25, 0.3) is 0 Å². The first-order valence-corrected chi connectivity index (χ1v) is 12.8. The minimum atomic E-state index is -3.85. The highest BCUT2D eigenvalue weighted by Gasteiger charge is 2.37. The second kappa shape index (κ2) is 10.3. The van der Waals surface area contributed by atoms with Gasteiger partial charge in [0.05, 0.1) is 27.4 Å². The van der Waals surface area contributed by atoms with Crippen LogP contribution in [0.4, 0.5) is 0 Å². The summed E-state index contributed by atoms with van der Waals surface area (Å²) in [5.74, 6) is -1.12. The second-order valence-corrected chi connectivity index (χ2v) is 10.5. The van der Waals surface area contributed by atoms with Crippen molar-refractivity contribution in [2.24, 2.45) is 0 Å². The lowest BCUT2D eigenvalue weighted by molar-refractivity contribution is -0.143. The molecule has 0 saturated heterocycles. The van der Waals surface area contributed by atoms with E-state index in [1.165, 1.54) is 34.6 Å². The van der Waals surface area contributed by atoms with Crippen LogP contribution < -0.4 is 0 Å². The van der Waals surface area contributed by atoms with E-state index in [4.69, 9.17) is 27.9 Å². The summed E-state index contributed by atoms with van der Waals surface area (Å²) < 4.78 is 33.4. The van der Waals surface area contributed by atoms with Gasteiger partial charge < -0.3 is 4.74 Å². The Morgan fingerprint density at radius 1 is 0.941 bits per heavy atom. The van der Waals surface area contributed by atoms with E-state index in [9.17, 15) is 18.0 Å². The first kappa shape index (κ1) is 24.4. The van der Waals surface area contributed by atoms with Crippen molar-refractivity contribution in [1.29, 1.82) is 0 Å². The van der Waals surface area contributed by atoms with Crippen molar-refractivity contribution in [2.75, 3.05) is 13.2 Å². The number of carbonyl (C=O) groups is 2. The minimum absolute atomic E-state index is 0.155. The van der Waals surface area contributed by atoms with Gasteiger partial charge in [-0.1, -0.05) is 65.7 Å². The maximum absolute atomic E-state index is 13.4. The molecule has 1 heterocycles. The smallest absolute Gasteiger partial charge is 0.308 e. The van der Waals surface area contributed by atoms with E-state index < -0.39 is 34.4 Å². The summed E-state index contributed by atoms with van der Waals surface area (Å²) in [6, 6.07) is 19.2. The summed E-state index contributed by atoms with van der Waals surface area (Å²) >= 11 is 11.8. The summed E-state index contributed by atoms with van der Waals surface area (Å²) in [6.07, 6.45) is 0.307. The maximum Gasteiger partial charge on any atom is 0.308 e. The van der Waals surface area contributed by atoms with Gasteiger partial charge in [-0.15, -0.1) is 0 Å². The van der Waals surface area contributed by atoms with Crippen LogP contribution in [0.15, 0.2) is 77.7 Å². The number of benzene rings is 3. The summed E-state index contributed by atoms with van der Waals surface area (Å²) in [4.78, 5) is 25.3. The van der Waals surface area contributed by atoms with E-state index in [0.29, 0.717) is 11.4 Å². The standard InChI is InChI=1S/C25H21Cl2NO5S/c26-21-11-10-18(14-22(21)27)24(29)16-33-25(30)15-23-20-9-5-4-6-17(20)12-13-28(23)34(31,32)19-7-2-1-3-8-19/h1-11,14,23H,12-13,15-16H2. The van der Waals surface area contributed by atoms with E-state index in [1.54, 1.807) is 18.2 Å². The molecule has 0 fully saturated rings. The Hall–Kier alpha value is -2.71. The Morgan fingerprint density at radius 2 is 1.65 bits per heavy atom. The fraction of sp³-hybridized carbons (Fsp3) is 0.200. The predicted octanol–water partition coefficient (Wildman–Crippen LogP) is 5.10. The molecule has 0 saturated carbocycles. The van der Waals surface area contributed by atoms with Crippen molar-refractivity contribution in [3.8, 4) is 0 Å². The van der Waals surface area contributed by atoms with E-state index in [-0.39, 0.29) is 28.4 Å². The molecule has 9 heteroatoms. The molecule has 1 atom stereocenters. The molecule has 176 valence electrons. The van der Waals surface area contributed by atoms with Crippen molar-refractivity contribution >= 4 is 45.0 Å². The van der Waals surface area contributed by atoms with Gasteiger partial charge in [0.15, 0.2) is 12.4 Å². The van der Waals surface area contributed by atoms with E-state index in [1.807, 2.05) is 24.3 Å². The molecule has 1 unspecified atom stereocenters. The number of carbonyl (C=O) groups excluding carboxylic acids is 2. The summed E-state index contributed by atoms with van der Waals surface area (Å²) in [5, 5.41) is 0.533. The number of hydrogen-bond donors (Lipinski definition) is 0. The number of ketones is 1. The highest BCUT2D eigenvalue weighted by Crippen LogP contribution is 2.36. The Kier molecular flexibility index (Phi) is 7.38. The molecule has 0 bridgehead atoms. The number of fused-ring (bicyclic) bond motifs is 1. The zero-order valence-electron chi connectivity index (χ0n) is 18.0. The van der Waals surface area contributed by atoms with Crippen LogP contribution in [0, 0.1) is 0 Å². The highest BCUT2D eigenvalue weighted by molar-refractivity contribution is 7.89. The van der Waals surface area contributed by atoms with Crippen molar-refractivity contribution < 1.29 is 22.7 Å². The number of rotatable bonds is 7. The Labute approximate surface area is 208 Å². The molecule has 34 heavy (non-hydrogen) atoms. The number of nitrogens with zero attached hydrogens (tertiary/aromatic N) is 1. The first-order chi connectivity index (χ1) is 16.3. The zero-order chi connectivity index (χ0) is 24.3. The third-order valence-corrected chi connectivity index (χ3v) is 8.34. The molecule has 0 aliphatic carbocycles. The van der Waals surface area contributed by atoms with Crippen LogP contribution in [0.5, 0.6) is 0 Å². The average molecular weight is 518 g/mol. The molecule has 1 aliphatic rings. The molecule has 0 spiro atoms. The quantitative estimate of drug-likeness (QED) is 0.321. The number of Topliss-reactive ketones (excluding diaryl/α,β-unsaturated/α-hetero) is 1. The number of esters is 1. The lowest BCUT2D eigenvalue weighted by atomic mass is 9.92. The SMILES string of the molecule is O=C(CC1c2ccccc2CCN1S(=O)(=O)c1ccccc1)OCC(=O)c1ccc(Cl)c(Cl)c1. The molecule has 0 radical (unpaired) electrons. The highest BCUT2D eigenvalue weighted by atomic mass is 35.5. The molecule has 0 aromatic heterocycles. The zero-order valence-corrected chi connectivity index (χ0v) is 20.3. The van der Waals surface area contributed by atoms with Gasteiger partial charge in [-0.25, -0.2) is 8.42 Å². The third-order valence-electron chi connectivity index (χ3n) is 5.68. The van der Waals surface area contributed by atoms with Crippen LogP contribution in [0.1, 0.15) is 33.9 Å². The number of hydrogen-bond acceptors (Lipinski definition) is 5. The van der Waals surface area contributed by atoms with Gasteiger partial charge in [0.1, 0.15) is 0 Å². The van der Waals surface area contributed by atoms with Gasteiger partial charge in [0.25, 0.3) is 0 Å². The molecule has 0 N–H and O–H groups in total. The van der Waals surface area contributed by atoms with Gasteiger partial charge in [0.2, 0.25) is 10.0 Å². The molecular weight excluding hydrogens is 497 g/mol. The van der Waals surface area contributed by atoms with E-state index in [0.717, 1.165) is 11.1 Å². The minimum Gasteiger partial charge on any atom is -0.457 e. The van der Waals surface area contributed by atoms with Gasteiger partial charge >= 0.3 is 5.97 Å². The van der Waals surface area contributed by atoms with Crippen LogP contribution in [-0.2, 0) is 26.0 Å². The van der Waals surface area contributed by atoms with Crippen LogP contribution in [-0.4, -0.2) is 37.6 Å². The van der Waals surface area contributed by atoms with Gasteiger partial charge in [0, 0.05) is 12.1 Å². The molecule has 3 aromatic rings.